The van der Waals surface area contributed by atoms with E-state index in [1.807, 2.05) is 24.3 Å². The van der Waals surface area contributed by atoms with Gasteiger partial charge in [0.1, 0.15) is 5.75 Å². The third kappa shape index (κ3) is 3.99. The molecular formula is C18H26BNO5. The molecule has 2 saturated carbocycles. The summed E-state index contributed by atoms with van der Waals surface area (Å²) in [4.78, 5) is 10.4. The molecule has 4 atom stereocenters. The molecule has 4 unspecified atom stereocenters. The van der Waals surface area contributed by atoms with Crippen LogP contribution in [0.25, 0.3) is 0 Å². The Balaban J connectivity index is 0.000000188. The zero-order valence-electron chi connectivity index (χ0n) is 14.3. The molecule has 1 aromatic rings. The molecule has 0 spiro atoms. The Bertz CT molecular complexity index is 599. The van der Waals surface area contributed by atoms with Gasteiger partial charge in [0.25, 0.3) is 0 Å². The minimum atomic E-state index is -1.56. The number of ether oxygens (including phenoxy) is 1. The van der Waals surface area contributed by atoms with Crippen LogP contribution < -0.4 is 10.1 Å². The van der Waals surface area contributed by atoms with Gasteiger partial charge in [0.2, 0.25) is 6.41 Å². The van der Waals surface area contributed by atoms with Crippen molar-refractivity contribution in [3.63, 3.8) is 0 Å². The summed E-state index contributed by atoms with van der Waals surface area (Å²) in [7, 11) is -1.56. The standard InChI is InChI=1S/C11H14BNO4.C7H12O/c14-7-13-11(12(15)16)5-8-6-17-10-4-2-1-3-9(8)10;8-7-4-1-2-6(7)3-5-7/h1-4,7-8,11,15-16H,5-6H2,(H,13,14);6,8H,1-5H2. The Kier molecular flexibility index (Phi) is 5.66. The van der Waals surface area contributed by atoms with Crippen LogP contribution in [0.2, 0.25) is 0 Å². The maximum atomic E-state index is 10.4. The summed E-state index contributed by atoms with van der Waals surface area (Å²) in [6, 6.07) is 7.64. The van der Waals surface area contributed by atoms with Crippen molar-refractivity contribution in [1.29, 1.82) is 0 Å². The van der Waals surface area contributed by atoms with Gasteiger partial charge in [-0.3, -0.25) is 4.79 Å². The first-order valence-corrected chi connectivity index (χ1v) is 9.03. The summed E-state index contributed by atoms with van der Waals surface area (Å²) in [6.45, 7) is 0.503. The number of carbonyl (C=O) groups is 1. The lowest BCUT2D eigenvalue weighted by Crippen LogP contribution is -2.44. The summed E-state index contributed by atoms with van der Waals surface area (Å²) in [5.74, 6) is 0.926. The highest BCUT2D eigenvalue weighted by molar-refractivity contribution is 6.43. The summed E-state index contributed by atoms with van der Waals surface area (Å²) < 4.78 is 5.49. The van der Waals surface area contributed by atoms with Crippen molar-refractivity contribution in [2.75, 3.05) is 6.61 Å². The molecule has 1 aromatic carbocycles. The summed E-state index contributed by atoms with van der Waals surface area (Å²) in [6.07, 6.45) is 6.92. The van der Waals surface area contributed by atoms with E-state index in [9.17, 15) is 9.90 Å². The maximum Gasteiger partial charge on any atom is 0.475 e. The Morgan fingerprint density at radius 1 is 1.32 bits per heavy atom. The van der Waals surface area contributed by atoms with Crippen molar-refractivity contribution in [3.05, 3.63) is 29.8 Å². The second kappa shape index (κ2) is 7.76. The quantitative estimate of drug-likeness (QED) is 0.470. The minimum Gasteiger partial charge on any atom is -0.493 e. The lowest BCUT2D eigenvalue weighted by atomic mass is 9.72. The number of benzene rings is 1. The molecule has 1 aliphatic heterocycles. The maximum absolute atomic E-state index is 10.4. The van der Waals surface area contributed by atoms with E-state index < -0.39 is 13.1 Å². The molecule has 1 heterocycles. The van der Waals surface area contributed by atoms with Crippen LogP contribution in [0.15, 0.2) is 24.3 Å². The van der Waals surface area contributed by atoms with Gasteiger partial charge in [-0.05, 0) is 44.1 Å². The van der Waals surface area contributed by atoms with Gasteiger partial charge < -0.3 is 25.2 Å². The van der Waals surface area contributed by atoms with E-state index >= 15 is 0 Å². The topological polar surface area (TPSA) is 99.0 Å². The SMILES string of the molecule is O=CNC(CC1COc2ccccc21)B(O)O.OC12CCCC1CC2. The molecule has 136 valence electrons. The van der Waals surface area contributed by atoms with Crippen LogP contribution in [-0.4, -0.2) is 46.8 Å². The van der Waals surface area contributed by atoms with Gasteiger partial charge in [-0.2, -0.15) is 0 Å². The van der Waals surface area contributed by atoms with E-state index in [2.05, 4.69) is 5.32 Å². The number of fused-ring (bicyclic) bond motifs is 2. The van der Waals surface area contributed by atoms with Crippen molar-refractivity contribution >= 4 is 13.5 Å². The largest absolute Gasteiger partial charge is 0.493 e. The van der Waals surface area contributed by atoms with E-state index in [0.717, 1.165) is 24.2 Å². The zero-order chi connectivity index (χ0) is 17.9. The predicted octanol–water partition coefficient (Wildman–Crippen LogP) is 0.991. The van der Waals surface area contributed by atoms with E-state index in [1.165, 1.54) is 19.3 Å². The Morgan fingerprint density at radius 2 is 2.12 bits per heavy atom. The molecule has 3 aliphatic rings. The molecule has 25 heavy (non-hydrogen) atoms. The normalized spacial score (nSPS) is 29.9. The van der Waals surface area contributed by atoms with Crippen molar-refractivity contribution in [1.82, 2.24) is 5.32 Å². The molecule has 0 saturated heterocycles. The van der Waals surface area contributed by atoms with Gasteiger partial charge in [-0.1, -0.05) is 24.6 Å². The van der Waals surface area contributed by atoms with E-state index in [0.29, 0.717) is 25.4 Å². The van der Waals surface area contributed by atoms with Gasteiger partial charge in [0.05, 0.1) is 18.1 Å². The second-order valence-electron chi connectivity index (χ2n) is 7.32. The van der Waals surface area contributed by atoms with Crippen molar-refractivity contribution in [2.24, 2.45) is 5.92 Å². The highest BCUT2D eigenvalue weighted by Crippen LogP contribution is 2.50. The zero-order valence-corrected chi connectivity index (χ0v) is 14.3. The summed E-state index contributed by atoms with van der Waals surface area (Å²) in [5, 5.41) is 30.2. The molecule has 7 heteroatoms. The molecular weight excluding hydrogens is 321 g/mol. The second-order valence-corrected chi connectivity index (χ2v) is 7.32. The van der Waals surface area contributed by atoms with Gasteiger partial charge in [-0.15, -0.1) is 0 Å². The van der Waals surface area contributed by atoms with Gasteiger partial charge in [0, 0.05) is 11.5 Å². The van der Waals surface area contributed by atoms with Crippen molar-refractivity contribution in [3.8, 4) is 5.75 Å². The van der Waals surface area contributed by atoms with E-state index in [1.54, 1.807) is 0 Å². The first kappa shape index (κ1) is 18.2. The first-order chi connectivity index (χ1) is 12.0. The van der Waals surface area contributed by atoms with Crippen LogP contribution in [0.4, 0.5) is 0 Å². The molecule has 0 aromatic heterocycles. The molecule has 4 rings (SSSR count). The lowest BCUT2D eigenvalue weighted by Gasteiger charge is -2.40. The third-order valence-corrected chi connectivity index (χ3v) is 5.83. The van der Waals surface area contributed by atoms with Crippen LogP contribution in [0.5, 0.6) is 5.75 Å². The predicted molar refractivity (Wildman–Crippen MR) is 94.0 cm³/mol. The average molecular weight is 347 g/mol. The van der Waals surface area contributed by atoms with Gasteiger partial charge >= 0.3 is 7.12 Å². The molecule has 2 fully saturated rings. The summed E-state index contributed by atoms with van der Waals surface area (Å²) >= 11 is 0. The number of nitrogens with one attached hydrogen (secondary N) is 1. The number of hydrogen-bond acceptors (Lipinski definition) is 5. The van der Waals surface area contributed by atoms with E-state index in [4.69, 9.17) is 14.8 Å². The van der Waals surface area contributed by atoms with Crippen molar-refractivity contribution < 1.29 is 24.7 Å². The average Bonchev–Trinajstić information content (AvgIpc) is 3.11. The smallest absolute Gasteiger partial charge is 0.475 e. The minimum absolute atomic E-state index is 0.0745. The Labute approximate surface area is 148 Å². The molecule has 2 aliphatic carbocycles. The van der Waals surface area contributed by atoms with Gasteiger partial charge in [-0.25, -0.2) is 0 Å². The number of hydrogen-bond donors (Lipinski definition) is 4. The molecule has 1 amide bonds. The number of amides is 1. The van der Waals surface area contributed by atoms with Gasteiger partial charge in [0.15, 0.2) is 0 Å². The highest BCUT2D eigenvalue weighted by atomic mass is 16.5. The summed E-state index contributed by atoms with van der Waals surface area (Å²) in [5.41, 5.74) is 0.880. The monoisotopic (exact) mass is 347 g/mol. The fraction of sp³-hybridized carbons (Fsp3) is 0.611. The molecule has 4 N–H and O–H groups in total. The molecule has 0 radical (unpaired) electrons. The first-order valence-electron chi connectivity index (χ1n) is 9.03. The lowest BCUT2D eigenvalue weighted by molar-refractivity contribution is -0.109. The number of carbonyl (C=O) groups excluding carboxylic acids is 1. The van der Waals surface area contributed by atoms with E-state index in [-0.39, 0.29) is 11.5 Å². The van der Waals surface area contributed by atoms with Crippen LogP contribution in [0.1, 0.15) is 50.0 Å². The van der Waals surface area contributed by atoms with Crippen LogP contribution >= 0.6 is 0 Å². The van der Waals surface area contributed by atoms with Crippen molar-refractivity contribution in [2.45, 2.75) is 56.0 Å². The van der Waals surface area contributed by atoms with Crippen LogP contribution in [-0.2, 0) is 4.79 Å². The molecule has 0 bridgehead atoms. The fourth-order valence-corrected chi connectivity index (χ4v) is 4.17. The van der Waals surface area contributed by atoms with Crippen LogP contribution in [0, 0.1) is 5.92 Å². The van der Waals surface area contributed by atoms with Crippen LogP contribution in [0.3, 0.4) is 0 Å². The number of para-hydroxylation sites is 1. The fourth-order valence-electron chi connectivity index (χ4n) is 4.17. The number of rotatable bonds is 5. The third-order valence-electron chi connectivity index (χ3n) is 5.83. The number of aliphatic hydroxyl groups is 1. The Morgan fingerprint density at radius 3 is 2.68 bits per heavy atom. The highest BCUT2D eigenvalue weighted by Gasteiger charge is 2.47. The Hall–Kier alpha value is -1.57. The molecule has 6 nitrogen and oxygen atoms in total.